The highest BCUT2D eigenvalue weighted by Crippen LogP contribution is 2.26. The Labute approximate surface area is 146 Å². The zero-order chi connectivity index (χ0) is 17.6. The van der Waals surface area contributed by atoms with Gasteiger partial charge in [-0.15, -0.1) is 0 Å². The van der Waals surface area contributed by atoms with Crippen molar-refractivity contribution in [2.75, 3.05) is 13.2 Å². The molecule has 1 atom stereocenters. The Bertz CT molecular complexity index is 730. The predicted octanol–water partition coefficient (Wildman–Crippen LogP) is 2.42. The van der Waals surface area contributed by atoms with Crippen molar-refractivity contribution in [1.29, 1.82) is 0 Å². The van der Waals surface area contributed by atoms with Gasteiger partial charge < -0.3 is 9.64 Å². The fourth-order valence-corrected chi connectivity index (χ4v) is 3.26. The molecule has 25 heavy (non-hydrogen) atoms. The van der Waals surface area contributed by atoms with E-state index in [9.17, 15) is 9.59 Å². The summed E-state index contributed by atoms with van der Waals surface area (Å²) in [4.78, 5) is 31.0. The molecule has 1 aromatic heterocycles. The van der Waals surface area contributed by atoms with Gasteiger partial charge in [-0.1, -0.05) is 18.2 Å². The van der Waals surface area contributed by atoms with Gasteiger partial charge in [0, 0.05) is 18.2 Å². The molecule has 1 aliphatic heterocycles. The molecular formula is C18H22N4O3. The molecule has 0 unspecified atom stereocenters. The number of H-pyrrole nitrogens is 1. The van der Waals surface area contributed by atoms with Crippen LogP contribution in [-0.2, 0) is 9.53 Å². The van der Waals surface area contributed by atoms with Crippen LogP contribution < -0.4 is 0 Å². The van der Waals surface area contributed by atoms with Gasteiger partial charge in [-0.05, 0) is 32.3 Å². The number of hydrogen-bond donors (Lipinski definition) is 1. The normalized spacial score (nSPS) is 17.3. The molecule has 1 saturated heterocycles. The van der Waals surface area contributed by atoms with Crippen molar-refractivity contribution in [3.05, 3.63) is 36.2 Å². The van der Waals surface area contributed by atoms with Crippen LogP contribution >= 0.6 is 0 Å². The SMILES string of the molecule is CCOC(=O)C[C@@H]1CCCCN1C(=O)c1ccccc1-c1ncn[nH]1. The van der Waals surface area contributed by atoms with Gasteiger partial charge in [0.15, 0.2) is 5.82 Å². The highest BCUT2D eigenvalue weighted by atomic mass is 16.5. The minimum absolute atomic E-state index is 0.0824. The first-order valence-electron chi connectivity index (χ1n) is 8.62. The van der Waals surface area contributed by atoms with Crippen LogP contribution in [-0.4, -0.2) is 51.2 Å². The summed E-state index contributed by atoms with van der Waals surface area (Å²) in [5.74, 6) is 0.222. The lowest BCUT2D eigenvalue weighted by atomic mass is 9.97. The molecule has 1 aromatic carbocycles. The molecule has 7 heteroatoms. The first-order chi connectivity index (χ1) is 12.2. The van der Waals surface area contributed by atoms with E-state index in [-0.39, 0.29) is 24.3 Å². The fraction of sp³-hybridized carbons (Fsp3) is 0.444. The average Bonchev–Trinajstić information content (AvgIpc) is 3.16. The number of nitrogens with one attached hydrogen (secondary N) is 1. The van der Waals surface area contributed by atoms with Crippen LogP contribution in [0.25, 0.3) is 11.4 Å². The van der Waals surface area contributed by atoms with E-state index in [4.69, 9.17) is 4.74 Å². The summed E-state index contributed by atoms with van der Waals surface area (Å²) in [5.41, 5.74) is 1.28. The number of hydrogen-bond acceptors (Lipinski definition) is 5. The average molecular weight is 342 g/mol. The third-order valence-corrected chi connectivity index (χ3v) is 4.42. The van der Waals surface area contributed by atoms with Crippen LogP contribution in [0.15, 0.2) is 30.6 Å². The number of amides is 1. The van der Waals surface area contributed by atoms with E-state index in [0.29, 0.717) is 30.1 Å². The molecule has 1 aliphatic rings. The van der Waals surface area contributed by atoms with E-state index >= 15 is 0 Å². The van der Waals surface area contributed by atoms with Gasteiger partial charge in [0.1, 0.15) is 6.33 Å². The van der Waals surface area contributed by atoms with Gasteiger partial charge in [-0.2, -0.15) is 5.10 Å². The second kappa shape index (κ2) is 7.92. The minimum Gasteiger partial charge on any atom is -0.466 e. The third kappa shape index (κ3) is 3.87. The molecule has 2 heterocycles. The van der Waals surface area contributed by atoms with Crippen molar-refractivity contribution in [2.24, 2.45) is 0 Å². The van der Waals surface area contributed by atoms with Crippen LogP contribution in [0, 0.1) is 0 Å². The van der Waals surface area contributed by atoms with E-state index in [1.54, 1.807) is 17.9 Å². The van der Waals surface area contributed by atoms with Crippen molar-refractivity contribution in [1.82, 2.24) is 20.1 Å². The van der Waals surface area contributed by atoms with Crippen molar-refractivity contribution < 1.29 is 14.3 Å². The Morgan fingerprint density at radius 2 is 2.16 bits per heavy atom. The van der Waals surface area contributed by atoms with Gasteiger partial charge in [-0.25, -0.2) is 4.98 Å². The van der Waals surface area contributed by atoms with Crippen molar-refractivity contribution in [3.8, 4) is 11.4 Å². The minimum atomic E-state index is -0.254. The molecule has 3 rings (SSSR count). The molecule has 7 nitrogen and oxygen atoms in total. The summed E-state index contributed by atoms with van der Waals surface area (Å²) in [6.07, 6.45) is 4.42. The van der Waals surface area contributed by atoms with Gasteiger partial charge in [-0.3, -0.25) is 14.7 Å². The van der Waals surface area contributed by atoms with E-state index in [1.165, 1.54) is 6.33 Å². The largest absolute Gasteiger partial charge is 0.466 e. The number of carbonyl (C=O) groups excluding carboxylic acids is 2. The Morgan fingerprint density at radius 3 is 2.92 bits per heavy atom. The Hall–Kier alpha value is -2.70. The smallest absolute Gasteiger partial charge is 0.307 e. The van der Waals surface area contributed by atoms with Crippen molar-refractivity contribution in [3.63, 3.8) is 0 Å². The maximum atomic E-state index is 13.2. The van der Waals surface area contributed by atoms with Crippen LogP contribution in [0.5, 0.6) is 0 Å². The van der Waals surface area contributed by atoms with Gasteiger partial charge in [0.05, 0.1) is 18.6 Å². The van der Waals surface area contributed by atoms with Crippen molar-refractivity contribution >= 4 is 11.9 Å². The molecule has 1 fully saturated rings. The summed E-state index contributed by atoms with van der Waals surface area (Å²) in [6, 6.07) is 7.20. The van der Waals surface area contributed by atoms with E-state index in [0.717, 1.165) is 19.3 Å². The molecule has 0 aliphatic carbocycles. The maximum Gasteiger partial charge on any atom is 0.307 e. The third-order valence-electron chi connectivity index (χ3n) is 4.42. The van der Waals surface area contributed by atoms with Gasteiger partial charge in [0.2, 0.25) is 0 Å². The maximum absolute atomic E-state index is 13.2. The molecule has 1 N–H and O–H groups in total. The zero-order valence-electron chi connectivity index (χ0n) is 14.3. The molecule has 0 saturated carbocycles. The summed E-state index contributed by atoms with van der Waals surface area (Å²) < 4.78 is 5.06. The number of rotatable bonds is 5. The van der Waals surface area contributed by atoms with Crippen molar-refractivity contribution in [2.45, 2.75) is 38.6 Å². The number of aromatic amines is 1. The summed E-state index contributed by atoms with van der Waals surface area (Å²) in [7, 11) is 0. The second-order valence-corrected chi connectivity index (χ2v) is 6.04. The van der Waals surface area contributed by atoms with E-state index in [2.05, 4.69) is 15.2 Å². The Balaban J connectivity index is 1.85. The van der Waals surface area contributed by atoms with Crippen LogP contribution in [0.1, 0.15) is 43.0 Å². The number of esters is 1. The fourth-order valence-electron chi connectivity index (χ4n) is 3.26. The summed E-state index contributed by atoms with van der Waals surface area (Å²) in [5, 5.41) is 6.67. The van der Waals surface area contributed by atoms with E-state index in [1.807, 2.05) is 18.2 Å². The topological polar surface area (TPSA) is 88.2 Å². The molecule has 0 bridgehead atoms. The standard InChI is InChI=1S/C18H22N4O3/c1-2-25-16(23)11-13-7-5-6-10-22(13)18(24)15-9-4-3-8-14(15)17-19-12-20-21-17/h3-4,8-9,12-13H,2,5-7,10-11H2,1H3,(H,19,20,21)/t13-/m0/s1. The molecule has 132 valence electrons. The number of benzene rings is 1. The molecular weight excluding hydrogens is 320 g/mol. The van der Waals surface area contributed by atoms with Crippen LogP contribution in [0.2, 0.25) is 0 Å². The zero-order valence-corrected chi connectivity index (χ0v) is 14.3. The number of nitrogens with zero attached hydrogens (tertiary/aromatic N) is 3. The van der Waals surface area contributed by atoms with Gasteiger partial charge in [0.25, 0.3) is 5.91 Å². The Morgan fingerprint density at radius 1 is 1.32 bits per heavy atom. The number of ether oxygens (including phenoxy) is 1. The lowest BCUT2D eigenvalue weighted by molar-refractivity contribution is -0.144. The molecule has 0 radical (unpaired) electrons. The van der Waals surface area contributed by atoms with Crippen LogP contribution in [0.3, 0.4) is 0 Å². The first-order valence-corrected chi connectivity index (χ1v) is 8.62. The van der Waals surface area contributed by atoms with Gasteiger partial charge >= 0.3 is 5.97 Å². The molecule has 2 aromatic rings. The number of carbonyl (C=O) groups is 2. The highest BCUT2D eigenvalue weighted by molar-refractivity contribution is 6.00. The van der Waals surface area contributed by atoms with Crippen LogP contribution in [0.4, 0.5) is 0 Å². The lowest BCUT2D eigenvalue weighted by Crippen LogP contribution is -2.45. The monoisotopic (exact) mass is 342 g/mol. The Kier molecular flexibility index (Phi) is 5.42. The lowest BCUT2D eigenvalue weighted by Gasteiger charge is -2.35. The number of piperidine rings is 1. The first kappa shape index (κ1) is 17.1. The number of likely N-dealkylation sites (tertiary alicyclic amines) is 1. The predicted molar refractivity (Wildman–Crippen MR) is 91.7 cm³/mol. The quantitative estimate of drug-likeness (QED) is 0.843. The molecule has 0 spiro atoms. The molecule has 1 amide bonds. The number of aromatic nitrogens is 3. The van der Waals surface area contributed by atoms with E-state index < -0.39 is 0 Å². The summed E-state index contributed by atoms with van der Waals surface area (Å²) >= 11 is 0. The highest BCUT2D eigenvalue weighted by Gasteiger charge is 2.30. The second-order valence-electron chi connectivity index (χ2n) is 6.04. The summed E-state index contributed by atoms with van der Waals surface area (Å²) in [6.45, 7) is 2.79.